The molecule has 2 rings (SSSR count). The number of pyridine rings is 1. The van der Waals surface area contributed by atoms with Crippen molar-refractivity contribution in [1.29, 1.82) is 0 Å². The molecule has 0 N–H and O–H groups in total. The zero-order chi connectivity index (χ0) is 14.9. The van der Waals surface area contributed by atoms with E-state index in [1.165, 1.54) is 6.07 Å². The Labute approximate surface area is 116 Å². The van der Waals surface area contributed by atoms with Gasteiger partial charge in [-0.1, -0.05) is 17.7 Å². The van der Waals surface area contributed by atoms with Gasteiger partial charge in [-0.25, -0.2) is 4.39 Å². The summed E-state index contributed by atoms with van der Waals surface area (Å²) in [5, 5.41) is -0.519. The number of alkyl halides is 3. The minimum absolute atomic E-state index is 0.342. The van der Waals surface area contributed by atoms with Gasteiger partial charge in [0.1, 0.15) is 5.82 Å². The van der Waals surface area contributed by atoms with Crippen molar-refractivity contribution < 1.29 is 22.4 Å². The van der Waals surface area contributed by atoms with Gasteiger partial charge in [-0.3, -0.25) is 9.78 Å². The van der Waals surface area contributed by atoms with Crippen molar-refractivity contribution in [3.63, 3.8) is 0 Å². The van der Waals surface area contributed by atoms with Crippen LogP contribution in [0.1, 0.15) is 21.5 Å². The summed E-state index contributed by atoms with van der Waals surface area (Å²) >= 11 is 5.61. The molecular formula is C13H6ClF4NO. The summed E-state index contributed by atoms with van der Waals surface area (Å²) in [7, 11) is 0. The molecule has 0 amide bonds. The lowest BCUT2D eigenvalue weighted by Gasteiger charge is -2.11. The average Bonchev–Trinajstić information content (AvgIpc) is 2.40. The zero-order valence-electron chi connectivity index (χ0n) is 9.71. The van der Waals surface area contributed by atoms with Crippen LogP contribution >= 0.6 is 11.6 Å². The molecular weight excluding hydrogens is 298 g/mol. The third-order valence-corrected chi connectivity index (χ3v) is 2.95. The minimum Gasteiger partial charge on any atom is -0.288 e. The first-order valence-corrected chi connectivity index (χ1v) is 5.70. The van der Waals surface area contributed by atoms with Gasteiger partial charge in [0.05, 0.1) is 16.1 Å². The van der Waals surface area contributed by atoms with Crippen molar-refractivity contribution in [1.82, 2.24) is 4.98 Å². The Balaban J connectivity index is 2.58. The molecule has 2 nitrogen and oxygen atoms in total. The maximum Gasteiger partial charge on any atom is 0.417 e. The molecule has 2 aromatic rings. The third-order valence-electron chi connectivity index (χ3n) is 2.57. The van der Waals surface area contributed by atoms with Crippen LogP contribution in [0.3, 0.4) is 0 Å². The van der Waals surface area contributed by atoms with Crippen LogP contribution in [-0.4, -0.2) is 10.8 Å². The molecule has 0 aliphatic carbocycles. The number of rotatable bonds is 2. The van der Waals surface area contributed by atoms with Crippen molar-refractivity contribution in [3.05, 3.63) is 64.2 Å². The topological polar surface area (TPSA) is 30.0 Å². The molecule has 0 aliphatic heterocycles. The zero-order valence-corrected chi connectivity index (χ0v) is 10.5. The SMILES string of the molecule is O=C(c1cnccc1C(F)(F)F)c1cccc(F)c1Cl. The molecule has 0 saturated carbocycles. The largest absolute Gasteiger partial charge is 0.417 e. The Morgan fingerprint density at radius 2 is 1.85 bits per heavy atom. The van der Waals surface area contributed by atoms with E-state index >= 15 is 0 Å². The maximum atomic E-state index is 13.3. The van der Waals surface area contributed by atoms with Crippen LogP contribution in [0, 0.1) is 5.82 Å². The average molecular weight is 304 g/mol. The van der Waals surface area contributed by atoms with E-state index in [-0.39, 0.29) is 5.56 Å². The number of halogens is 5. The van der Waals surface area contributed by atoms with Crippen LogP contribution in [0.4, 0.5) is 17.6 Å². The first-order valence-electron chi connectivity index (χ1n) is 5.32. The van der Waals surface area contributed by atoms with Crippen LogP contribution in [-0.2, 0) is 6.18 Å². The molecule has 1 heterocycles. The predicted molar refractivity (Wildman–Crippen MR) is 64.1 cm³/mol. The number of aromatic nitrogens is 1. The molecule has 0 radical (unpaired) electrons. The smallest absolute Gasteiger partial charge is 0.288 e. The quantitative estimate of drug-likeness (QED) is 0.617. The predicted octanol–water partition coefficient (Wildman–Crippen LogP) is 4.12. The summed E-state index contributed by atoms with van der Waals surface area (Å²) in [5.41, 5.74) is -2.16. The summed E-state index contributed by atoms with van der Waals surface area (Å²) in [6.45, 7) is 0. The molecule has 0 fully saturated rings. The highest BCUT2D eigenvalue weighted by atomic mass is 35.5. The van der Waals surface area contributed by atoms with Gasteiger partial charge < -0.3 is 0 Å². The van der Waals surface area contributed by atoms with E-state index in [0.29, 0.717) is 6.07 Å². The van der Waals surface area contributed by atoms with Gasteiger partial charge in [0.25, 0.3) is 0 Å². The van der Waals surface area contributed by atoms with Gasteiger partial charge in [-0.05, 0) is 18.2 Å². The van der Waals surface area contributed by atoms with Crippen LogP contribution in [0.2, 0.25) is 5.02 Å². The van der Waals surface area contributed by atoms with E-state index < -0.39 is 33.9 Å². The normalized spacial score (nSPS) is 11.4. The first-order chi connectivity index (χ1) is 9.32. The number of carbonyl (C=O) groups is 1. The molecule has 0 atom stereocenters. The maximum absolute atomic E-state index is 13.3. The third kappa shape index (κ3) is 2.65. The van der Waals surface area contributed by atoms with Gasteiger partial charge in [-0.15, -0.1) is 0 Å². The van der Waals surface area contributed by atoms with Crippen LogP contribution in [0.5, 0.6) is 0 Å². The number of benzene rings is 1. The highest BCUT2D eigenvalue weighted by Crippen LogP contribution is 2.33. The minimum atomic E-state index is -4.71. The molecule has 0 unspecified atom stereocenters. The molecule has 0 bridgehead atoms. The molecule has 0 spiro atoms. The van der Waals surface area contributed by atoms with Gasteiger partial charge in [-0.2, -0.15) is 13.2 Å². The summed E-state index contributed by atoms with van der Waals surface area (Å²) < 4.78 is 51.7. The number of ketones is 1. The van der Waals surface area contributed by atoms with Crippen molar-refractivity contribution in [2.24, 2.45) is 0 Å². The van der Waals surface area contributed by atoms with Gasteiger partial charge in [0, 0.05) is 18.0 Å². The molecule has 0 aliphatic rings. The Bertz CT molecular complexity index is 670. The van der Waals surface area contributed by atoms with Crippen LogP contribution in [0.15, 0.2) is 36.7 Å². The first kappa shape index (κ1) is 14.5. The van der Waals surface area contributed by atoms with E-state index in [0.717, 1.165) is 24.5 Å². The second kappa shape index (κ2) is 5.20. The van der Waals surface area contributed by atoms with E-state index in [1.807, 2.05) is 0 Å². The number of hydrogen-bond donors (Lipinski definition) is 0. The van der Waals surface area contributed by atoms with Crippen molar-refractivity contribution in [2.45, 2.75) is 6.18 Å². The van der Waals surface area contributed by atoms with Gasteiger partial charge in [0.15, 0.2) is 5.78 Å². The second-order valence-electron chi connectivity index (χ2n) is 3.85. The van der Waals surface area contributed by atoms with Crippen molar-refractivity contribution in [2.75, 3.05) is 0 Å². The summed E-state index contributed by atoms with van der Waals surface area (Å²) in [5.74, 6) is -1.91. The molecule has 0 saturated heterocycles. The highest BCUT2D eigenvalue weighted by Gasteiger charge is 2.35. The Morgan fingerprint density at radius 3 is 2.50 bits per heavy atom. The van der Waals surface area contributed by atoms with Crippen LogP contribution in [0.25, 0.3) is 0 Å². The summed E-state index contributed by atoms with van der Waals surface area (Å²) in [6.07, 6.45) is -3.01. The Kier molecular flexibility index (Phi) is 3.76. The second-order valence-corrected chi connectivity index (χ2v) is 4.23. The molecule has 20 heavy (non-hydrogen) atoms. The number of nitrogens with zero attached hydrogens (tertiary/aromatic N) is 1. The molecule has 1 aromatic carbocycles. The lowest BCUT2D eigenvalue weighted by atomic mass is 10.00. The van der Waals surface area contributed by atoms with Crippen molar-refractivity contribution >= 4 is 17.4 Å². The van der Waals surface area contributed by atoms with Gasteiger partial charge >= 0.3 is 6.18 Å². The standard InChI is InChI=1S/C13H6ClF4NO/c14-11-7(2-1-3-10(11)15)12(20)8-6-19-5-4-9(8)13(16,17)18/h1-6H. The fourth-order valence-corrected chi connectivity index (χ4v) is 1.86. The molecule has 104 valence electrons. The number of carbonyl (C=O) groups excluding carboxylic acids is 1. The molecule has 1 aromatic heterocycles. The highest BCUT2D eigenvalue weighted by molar-refractivity contribution is 6.35. The van der Waals surface area contributed by atoms with E-state index in [2.05, 4.69) is 4.98 Å². The summed E-state index contributed by atoms with van der Waals surface area (Å²) in [4.78, 5) is 15.6. The van der Waals surface area contributed by atoms with Gasteiger partial charge in [0.2, 0.25) is 0 Å². The molecule has 7 heteroatoms. The monoisotopic (exact) mass is 303 g/mol. The lowest BCUT2D eigenvalue weighted by molar-refractivity contribution is -0.137. The Morgan fingerprint density at radius 1 is 1.15 bits per heavy atom. The Hall–Kier alpha value is -1.95. The van der Waals surface area contributed by atoms with Crippen molar-refractivity contribution in [3.8, 4) is 0 Å². The van der Waals surface area contributed by atoms with E-state index in [9.17, 15) is 22.4 Å². The van der Waals surface area contributed by atoms with Crippen LogP contribution < -0.4 is 0 Å². The number of hydrogen-bond acceptors (Lipinski definition) is 2. The lowest BCUT2D eigenvalue weighted by Crippen LogP contribution is -2.14. The fourth-order valence-electron chi connectivity index (χ4n) is 1.65. The summed E-state index contributed by atoms with van der Waals surface area (Å²) in [6, 6.07) is 4.03. The fraction of sp³-hybridized carbons (Fsp3) is 0.0769. The van der Waals surface area contributed by atoms with E-state index in [1.54, 1.807) is 0 Å². The van der Waals surface area contributed by atoms with E-state index in [4.69, 9.17) is 11.6 Å².